The lowest BCUT2D eigenvalue weighted by Crippen LogP contribution is -2.13. The van der Waals surface area contributed by atoms with Crippen LogP contribution in [0.15, 0.2) is 13.6 Å². The summed E-state index contributed by atoms with van der Waals surface area (Å²) in [7, 11) is 0. The standard InChI is InChI=1S/C5F6O3/c6-4(7,8)1-2(5(9,10)11)14-3(12)13-1. The minimum absolute atomic E-state index is 2.05. The van der Waals surface area contributed by atoms with E-state index < -0.39 is 29.7 Å². The van der Waals surface area contributed by atoms with E-state index in [0.717, 1.165) is 0 Å². The highest BCUT2D eigenvalue weighted by molar-refractivity contribution is 5.10. The normalized spacial score (nSPS) is 13.3. The molecule has 0 unspecified atom stereocenters. The molecule has 0 amide bonds. The summed E-state index contributed by atoms with van der Waals surface area (Å²) in [6.07, 6.45) is -10.8. The van der Waals surface area contributed by atoms with Crippen molar-refractivity contribution in [2.75, 3.05) is 0 Å². The minimum Gasteiger partial charge on any atom is -0.385 e. The predicted molar refractivity (Wildman–Crippen MR) is 27.2 cm³/mol. The van der Waals surface area contributed by atoms with E-state index in [9.17, 15) is 31.1 Å². The van der Waals surface area contributed by atoms with E-state index >= 15 is 0 Å². The van der Waals surface area contributed by atoms with Gasteiger partial charge in [0.25, 0.3) is 11.5 Å². The molecular formula is C5F6O3. The molecule has 0 aliphatic heterocycles. The molecule has 9 heteroatoms. The van der Waals surface area contributed by atoms with Crippen molar-refractivity contribution in [3.05, 3.63) is 22.1 Å². The third kappa shape index (κ3) is 1.91. The molecule has 0 aromatic carbocycles. The van der Waals surface area contributed by atoms with E-state index in [1.807, 2.05) is 0 Å². The Morgan fingerprint density at radius 2 is 1.07 bits per heavy atom. The lowest BCUT2D eigenvalue weighted by Gasteiger charge is -2.05. The van der Waals surface area contributed by atoms with Gasteiger partial charge >= 0.3 is 18.2 Å². The maximum absolute atomic E-state index is 11.8. The molecule has 1 aromatic heterocycles. The van der Waals surface area contributed by atoms with Crippen LogP contribution >= 0.6 is 0 Å². The maximum Gasteiger partial charge on any atom is 0.519 e. The van der Waals surface area contributed by atoms with Crippen molar-refractivity contribution in [1.29, 1.82) is 0 Å². The van der Waals surface area contributed by atoms with Gasteiger partial charge in [-0.05, 0) is 0 Å². The van der Waals surface area contributed by atoms with Crippen LogP contribution in [0.5, 0.6) is 0 Å². The van der Waals surface area contributed by atoms with Crippen LogP contribution in [0, 0.1) is 0 Å². The maximum atomic E-state index is 11.8. The summed E-state index contributed by atoms with van der Waals surface area (Å²) in [6.45, 7) is 0. The second-order valence-electron chi connectivity index (χ2n) is 2.11. The highest BCUT2D eigenvalue weighted by atomic mass is 19.4. The third-order valence-electron chi connectivity index (χ3n) is 1.09. The van der Waals surface area contributed by atoms with Crippen LogP contribution < -0.4 is 5.82 Å². The number of halogens is 6. The molecular weight excluding hydrogens is 222 g/mol. The first kappa shape index (κ1) is 10.7. The molecule has 0 aliphatic rings. The van der Waals surface area contributed by atoms with E-state index in [0.29, 0.717) is 0 Å². The number of hydrogen-bond acceptors (Lipinski definition) is 3. The Kier molecular flexibility index (Phi) is 2.13. The molecule has 0 aliphatic carbocycles. The van der Waals surface area contributed by atoms with E-state index in [2.05, 4.69) is 8.83 Å². The summed E-state index contributed by atoms with van der Waals surface area (Å²) in [5, 5.41) is 0. The SMILES string of the molecule is O=c1oc(C(F)(F)F)c(C(F)(F)F)o1. The van der Waals surface area contributed by atoms with Crippen molar-refractivity contribution in [3.63, 3.8) is 0 Å². The monoisotopic (exact) mass is 222 g/mol. The summed E-state index contributed by atoms with van der Waals surface area (Å²) in [6, 6.07) is 0. The van der Waals surface area contributed by atoms with E-state index in [1.54, 1.807) is 0 Å². The summed E-state index contributed by atoms with van der Waals surface area (Å²) in [4.78, 5) is 10.1. The molecule has 1 heterocycles. The minimum atomic E-state index is -5.42. The first-order valence-corrected chi connectivity index (χ1v) is 2.90. The van der Waals surface area contributed by atoms with Gasteiger partial charge in [0.1, 0.15) is 0 Å². The highest BCUT2D eigenvalue weighted by Gasteiger charge is 2.50. The van der Waals surface area contributed by atoms with Gasteiger partial charge in [-0.2, -0.15) is 26.3 Å². The van der Waals surface area contributed by atoms with Crippen molar-refractivity contribution >= 4 is 0 Å². The molecule has 0 spiro atoms. The molecule has 0 bridgehead atoms. The summed E-state index contributed by atoms with van der Waals surface area (Å²) in [5.41, 5.74) is 0. The van der Waals surface area contributed by atoms with Gasteiger partial charge in [-0.15, -0.1) is 0 Å². The van der Waals surface area contributed by atoms with Gasteiger partial charge < -0.3 is 8.83 Å². The molecule has 14 heavy (non-hydrogen) atoms. The second kappa shape index (κ2) is 2.79. The van der Waals surface area contributed by atoms with E-state index in [1.165, 1.54) is 0 Å². The summed E-state index contributed by atoms with van der Waals surface area (Å²) >= 11 is 0. The third-order valence-corrected chi connectivity index (χ3v) is 1.09. The second-order valence-corrected chi connectivity index (χ2v) is 2.11. The molecule has 0 atom stereocenters. The van der Waals surface area contributed by atoms with E-state index in [4.69, 9.17) is 0 Å². The number of alkyl halides is 6. The van der Waals surface area contributed by atoms with Crippen LogP contribution in [-0.2, 0) is 12.4 Å². The fourth-order valence-electron chi connectivity index (χ4n) is 0.653. The summed E-state index contributed by atoms with van der Waals surface area (Å²) < 4.78 is 77.3. The Morgan fingerprint density at radius 1 is 0.786 bits per heavy atom. The topological polar surface area (TPSA) is 43.4 Å². The van der Waals surface area contributed by atoms with E-state index in [-0.39, 0.29) is 0 Å². The lowest BCUT2D eigenvalue weighted by molar-refractivity contribution is -0.179. The first-order valence-electron chi connectivity index (χ1n) is 2.90. The van der Waals surface area contributed by atoms with Crippen molar-refractivity contribution in [3.8, 4) is 0 Å². The molecule has 0 fully saturated rings. The van der Waals surface area contributed by atoms with Gasteiger partial charge in [0, 0.05) is 0 Å². The van der Waals surface area contributed by atoms with Gasteiger partial charge in [0.2, 0.25) is 0 Å². The molecule has 3 nitrogen and oxygen atoms in total. The van der Waals surface area contributed by atoms with Gasteiger partial charge in [-0.3, -0.25) is 0 Å². The van der Waals surface area contributed by atoms with Gasteiger partial charge in [-0.25, -0.2) is 4.79 Å². The Balaban J connectivity index is 3.38. The predicted octanol–water partition coefficient (Wildman–Crippen LogP) is 2.27. The Morgan fingerprint density at radius 3 is 1.29 bits per heavy atom. The smallest absolute Gasteiger partial charge is 0.385 e. The zero-order valence-corrected chi connectivity index (χ0v) is 5.99. The van der Waals surface area contributed by atoms with Crippen LogP contribution in [0.1, 0.15) is 11.5 Å². The van der Waals surface area contributed by atoms with Crippen molar-refractivity contribution in [2.45, 2.75) is 12.4 Å². The first-order chi connectivity index (χ1) is 6.12. The molecule has 0 radical (unpaired) electrons. The Hall–Kier alpha value is -1.41. The van der Waals surface area contributed by atoms with Crippen LogP contribution in [0.3, 0.4) is 0 Å². The number of hydrogen-bond donors (Lipinski definition) is 0. The lowest BCUT2D eigenvalue weighted by atomic mass is 10.3. The van der Waals surface area contributed by atoms with Crippen molar-refractivity contribution < 1.29 is 35.2 Å². The van der Waals surface area contributed by atoms with Gasteiger partial charge in [-0.1, -0.05) is 0 Å². The zero-order valence-electron chi connectivity index (χ0n) is 5.99. The highest BCUT2D eigenvalue weighted by Crippen LogP contribution is 2.39. The van der Waals surface area contributed by atoms with Gasteiger partial charge in [0.15, 0.2) is 0 Å². The van der Waals surface area contributed by atoms with Crippen LogP contribution in [-0.4, -0.2) is 0 Å². The number of rotatable bonds is 0. The average Bonchev–Trinajstić information content (AvgIpc) is 2.27. The molecule has 1 rings (SSSR count). The van der Waals surface area contributed by atoms with Crippen molar-refractivity contribution in [1.82, 2.24) is 0 Å². The van der Waals surface area contributed by atoms with Crippen molar-refractivity contribution in [2.24, 2.45) is 0 Å². The van der Waals surface area contributed by atoms with Crippen LogP contribution in [0.25, 0.3) is 0 Å². The van der Waals surface area contributed by atoms with Crippen LogP contribution in [0.4, 0.5) is 26.3 Å². The largest absolute Gasteiger partial charge is 0.519 e. The molecule has 1 aromatic rings. The molecule has 0 N–H and O–H groups in total. The van der Waals surface area contributed by atoms with Gasteiger partial charge in [0.05, 0.1) is 0 Å². The Bertz CT molecular complexity index is 345. The van der Waals surface area contributed by atoms with Crippen LogP contribution in [0.2, 0.25) is 0 Å². The zero-order chi connectivity index (χ0) is 11.1. The molecule has 0 saturated heterocycles. The Labute approximate surface area is 70.9 Å². The quantitative estimate of drug-likeness (QED) is 0.632. The molecule has 80 valence electrons. The fourth-order valence-corrected chi connectivity index (χ4v) is 0.653. The average molecular weight is 222 g/mol. The fraction of sp³-hybridized carbons (Fsp3) is 0.400. The molecule has 0 saturated carbocycles. The summed E-state index contributed by atoms with van der Waals surface area (Å²) in [5.74, 6) is -7.00.